The second-order valence-corrected chi connectivity index (χ2v) is 8.08. The van der Waals surface area contributed by atoms with Crippen LogP contribution in [0.15, 0.2) is 47.8 Å². The van der Waals surface area contributed by atoms with E-state index < -0.39 is 5.97 Å². The molecule has 8 heteroatoms. The van der Waals surface area contributed by atoms with Gasteiger partial charge in [0.2, 0.25) is 0 Å². The third-order valence-electron chi connectivity index (χ3n) is 4.17. The van der Waals surface area contributed by atoms with Crippen molar-refractivity contribution in [2.45, 2.75) is 13.8 Å². The Balaban J connectivity index is 1.79. The van der Waals surface area contributed by atoms with Crippen LogP contribution in [0.3, 0.4) is 0 Å². The number of esters is 1. The quantitative estimate of drug-likeness (QED) is 0.422. The number of anilines is 1. The van der Waals surface area contributed by atoms with E-state index >= 15 is 0 Å². The molecule has 0 spiro atoms. The van der Waals surface area contributed by atoms with Crippen LogP contribution in [0.5, 0.6) is 5.75 Å². The molecule has 0 unspecified atom stereocenters. The van der Waals surface area contributed by atoms with Crippen LogP contribution in [0.1, 0.15) is 22.8 Å². The van der Waals surface area contributed by atoms with Crippen LogP contribution in [0.2, 0.25) is 10.0 Å². The van der Waals surface area contributed by atoms with Crippen molar-refractivity contribution in [3.8, 4) is 16.9 Å². The third kappa shape index (κ3) is 5.33. The standard InChI is InChI=1S/C22H19Cl2NO4S/c1-3-28-22(27)20-17(14-4-6-15(23)7-5-14)12-30-21(20)25-19(26)11-29-18-9-8-16(24)10-13(18)2/h4-10,12H,3,11H2,1-2H3,(H,25,26). The second kappa shape index (κ2) is 9.98. The Morgan fingerprint density at radius 3 is 2.43 bits per heavy atom. The summed E-state index contributed by atoms with van der Waals surface area (Å²) in [4.78, 5) is 25.1. The number of benzene rings is 2. The normalized spacial score (nSPS) is 10.5. The molecule has 2 aromatic carbocycles. The summed E-state index contributed by atoms with van der Waals surface area (Å²) in [6, 6.07) is 12.3. The first-order valence-corrected chi connectivity index (χ1v) is 10.8. The summed E-state index contributed by atoms with van der Waals surface area (Å²) in [6.45, 7) is 3.59. The average molecular weight is 464 g/mol. The number of hydrogen-bond donors (Lipinski definition) is 1. The van der Waals surface area contributed by atoms with E-state index in [-0.39, 0.29) is 19.1 Å². The number of nitrogens with one attached hydrogen (secondary N) is 1. The lowest BCUT2D eigenvalue weighted by Gasteiger charge is -2.11. The summed E-state index contributed by atoms with van der Waals surface area (Å²) in [5, 5.41) is 6.14. The number of carbonyl (C=O) groups excluding carboxylic acids is 2. The van der Waals surface area contributed by atoms with Crippen molar-refractivity contribution in [1.29, 1.82) is 0 Å². The van der Waals surface area contributed by atoms with E-state index in [1.165, 1.54) is 11.3 Å². The van der Waals surface area contributed by atoms with E-state index in [1.54, 1.807) is 42.6 Å². The highest BCUT2D eigenvalue weighted by Gasteiger charge is 2.23. The maximum atomic E-state index is 12.6. The van der Waals surface area contributed by atoms with Gasteiger partial charge < -0.3 is 14.8 Å². The van der Waals surface area contributed by atoms with Crippen LogP contribution < -0.4 is 10.1 Å². The first-order chi connectivity index (χ1) is 14.4. The van der Waals surface area contributed by atoms with Gasteiger partial charge in [-0.05, 0) is 55.3 Å². The molecule has 0 atom stereocenters. The number of aryl methyl sites for hydroxylation is 1. The van der Waals surface area contributed by atoms with E-state index in [1.807, 2.05) is 19.1 Å². The van der Waals surface area contributed by atoms with Crippen LogP contribution >= 0.6 is 34.5 Å². The van der Waals surface area contributed by atoms with Gasteiger partial charge in [-0.1, -0.05) is 35.3 Å². The van der Waals surface area contributed by atoms with Gasteiger partial charge in [0.25, 0.3) is 5.91 Å². The zero-order chi connectivity index (χ0) is 21.7. The molecule has 1 heterocycles. The van der Waals surface area contributed by atoms with E-state index in [9.17, 15) is 9.59 Å². The minimum absolute atomic E-state index is 0.209. The smallest absolute Gasteiger partial charge is 0.341 e. The van der Waals surface area contributed by atoms with Gasteiger partial charge in [0.05, 0.1) is 6.61 Å². The lowest BCUT2D eigenvalue weighted by molar-refractivity contribution is -0.118. The summed E-state index contributed by atoms with van der Waals surface area (Å²) in [5.74, 6) is -0.332. The van der Waals surface area contributed by atoms with Gasteiger partial charge in [0, 0.05) is 21.0 Å². The highest BCUT2D eigenvalue weighted by atomic mass is 35.5. The highest BCUT2D eigenvalue weighted by Crippen LogP contribution is 2.36. The number of carbonyl (C=O) groups is 2. The zero-order valence-electron chi connectivity index (χ0n) is 16.3. The lowest BCUT2D eigenvalue weighted by atomic mass is 10.0. The number of halogens is 2. The Labute approximate surface area is 188 Å². The zero-order valence-corrected chi connectivity index (χ0v) is 18.7. The monoisotopic (exact) mass is 463 g/mol. The average Bonchev–Trinajstić information content (AvgIpc) is 3.11. The van der Waals surface area contributed by atoms with Gasteiger partial charge in [-0.3, -0.25) is 4.79 Å². The second-order valence-electron chi connectivity index (χ2n) is 6.33. The summed E-state index contributed by atoms with van der Waals surface area (Å²) in [6.07, 6.45) is 0. The van der Waals surface area contributed by atoms with Crippen LogP contribution in [-0.2, 0) is 9.53 Å². The fourth-order valence-corrected chi connectivity index (χ4v) is 4.10. The molecule has 3 aromatic rings. The molecule has 0 radical (unpaired) electrons. The van der Waals surface area contributed by atoms with Crippen molar-refractivity contribution in [3.05, 3.63) is 69.0 Å². The van der Waals surface area contributed by atoms with Gasteiger partial charge in [-0.25, -0.2) is 4.79 Å². The maximum absolute atomic E-state index is 12.6. The van der Waals surface area contributed by atoms with Crippen molar-refractivity contribution < 1.29 is 19.1 Å². The van der Waals surface area contributed by atoms with Crippen molar-refractivity contribution in [2.24, 2.45) is 0 Å². The molecule has 5 nitrogen and oxygen atoms in total. The highest BCUT2D eigenvalue weighted by molar-refractivity contribution is 7.15. The first kappa shape index (κ1) is 22.2. The molecule has 0 aliphatic rings. The van der Waals surface area contributed by atoms with E-state index in [4.69, 9.17) is 32.7 Å². The summed E-state index contributed by atoms with van der Waals surface area (Å²) < 4.78 is 10.8. The molecule has 0 aliphatic carbocycles. The third-order valence-corrected chi connectivity index (χ3v) is 5.56. The fraction of sp³-hybridized carbons (Fsp3) is 0.182. The van der Waals surface area contributed by atoms with Crippen LogP contribution in [-0.4, -0.2) is 25.1 Å². The van der Waals surface area contributed by atoms with Gasteiger partial charge >= 0.3 is 5.97 Å². The van der Waals surface area contributed by atoms with Gasteiger partial charge in [-0.15, -0.1) is 11.3 Å². The molecule has 0 saturated heterocycles. The molecule has 0 aliphatic heterocycles. The predicted molar refractivity (Wildman–Crippen MR) is 121 cm³/mol. The van der Waals surface area contributed by atoms with Gasteiger partial charge in [-0.2, -0.15) is 0 Å². The molecule has 0 fully saturated rings. The van der Waals surface area contributed by atoms with E-state index in [2.05, 4.69) is 5.32 Å². The summed E-state index contributed by atoms with van der Waals surface area (Å²) >= 11 is 13.1. The fourth-order valence-electron chi connectivity index (χ4n) is 2.78. The first-order valence-electron chi connectivity index (χ1n) is 9.12. The maximum Gasteiger partial charge on any atom is 0.341 e. The molecule has 0 saturated carbocycles. The lowest BCUT2D eigenvalue weighted by Crippen LogP contribution is -2.21. The minimum Gasteiger partial charge on any atom is -0.483 e. The molecular weight excluding hydrogens is 445 g/mol. The Kier molecular flexibility index (Phi) is 7.37. The number of thiophene rings is 1. The molecule has 3 rings (SSSR count). The molecule has 30 heavy (non-hydrogen) atoms. The Morgan fingerprint density at radius 1 is 1.07 bits per heavy atom. The molecule has 1 aromatic heterocycles. The van der Waals surface area contributed by atoms with Gasteiger partial charge in [0.1, 0.15) is 16.3 Å². The van der Waals surface area contributed by atoms with E-state index in [0.29, 0.717) is 31.9 Å². The molecule has 0 bridgehead atoms. The van der Waals surface area contributed by atoms with Gasteiger partial charge in [0.15, 0.2) is 6.61 Å². The molecule has 1 amide bonds. The largest absolute Gasteiger partial charge is 0.483 e. The summed E-state index contributed by atoms with van der Waals surface area (Å²) in [5.41, 5.74) is 2.59. The molecule has 156 valence electrons. The summed E-state index contributed by atoms with van der Waals surface area (Å²) in [7, 11) is 0. The Bertz CT molecular complexity index is 1060. The Morgan fingerprint density at radius 2 is 1.77 bits per heavy atom. The van der Waals surface area contributed by atoms with Crippen molar-refractivity contribution in [2.75, 3.05) is 18.5 Å². The minimum atomic E-state index is -0.506. The number of amides is 1. The van der Waals surface area contributed by atoms with Crippen molar-refractivity contribution in [1.82, 2.24) is 0 Å². The number of ether oxygens (including phenoxy) is 2. The van der Waals surface area contributed by atoms with Crippen molar-refractivity contribution >= 4 is 51.4 Å². The van der Waals surface area contributed by atoms with Crippen LogP contribution in [0.4, 0.5) is 5.00 Å². The topological polar surface area (TPSA) is 64.6 Å². The number of rotatable bonds is 7. The molecular formula is C22H19Cl2NO4S. The SMILES string of the molecule is CCOC(=O)c1c(-c2ccc(Cl)cc2)csc1NC(=O)COc1ccc(Cl)cc1C. The van der Waals surface area contributed by atoms with Crippen LogP contribution in [0.25, 0.3) is 11.1 Å². The Hall–Kier alpha value is -2.54. The van der Waals surface area contributed by atoms with Crippen molar-refractivity contribution in [3.63, 3.8) is 0 Å². The predicted octanol–water partition coefficient (Wildman–Crippen LogP) is 6.22. The van der Waals surface area contributed by atoms with E-state index in [0.717, 1.165) is 11.1 Å². The van der Waals surface area contributed by atoms with Crippen LogP contribution in [0, 0.1) is 6.92 Å². The number of hydrogen-bond acceptors (Lipinski definition) is 5. The molecule has 1 N–H and O–H groups in total.